The van der Waals surface area contributed by atoms with E-state index in [0.717, 1.165) is 26.2 Å². The van der Waals surface area contributed by atoms with E-state index in [1.807, 2.05) is 6.92 Å². The number of carbonyl (C=O) groups is 1. The first kappa shape index (κ1) is 14.8. The first-order chi connectivity index (χ1) is 8.84. The number of hydrogen-bond acceptors (Lipinski definition) is 3. The minimum Gasteiger partial charge on any atom is -0.354 e. The van der Waals surface area contributed by atoms with Crippen molar-refractivity contribution in [1.82, 2.24) is 15.5 Å². The molecule has 0 saturated carbocycles. The van der Waals surface area contributed by atoms with Crippen LogP contribution in [0.4, 0.5) is 0 Å². The van der Waals surface area contributed by atoms with Crippen LogP contribution < -0.4 is 10.6 Å². The summed E-state index contributed by atoms with van der Waals surface area (Å²) in [6.07, 6.45) is 0. The molecular weight excluding hydrogens is 238 g/mol. The second-order valence-corrected chi connectivity index (χ2v) is 7.15. The van der Waals surface area contributed by atoms with Crippen LogP contribution in [0.3, 0.4) is 0 Å². The SMILES string of the molecule is CC(C)CNC(=O)C(C)N1CC2CNCC2C1(C)C. The molecule has 0 aliphatic carbocycles. The van der Waals surface area contributed by atoms with Gasteiger partial charge in [0, 0.05) is 25.2 Å². The molecule has 2 N–H and O–H groups in total. The standard InChI is InChI=1S/C15H29N3O/c1-10(2)6-17-14(19)11(3)18-9-12-7-16-8-13(12)15(18,4)5/h10-13,16H,6-9H2,1-5H3,(H,17,19). The Morgan fingerprint density at radius 3 is 2.63 bits per heavy atom. The molecule has 0 aromatic heterocycles. The van der Waals surface area contributed by atoms with Gasteiger partial charge in [0.1, 0.15) is 0 Å². The maximum atomic E-state index is 12.3. The summed E-state index contributed by atoms with van der Waals surface area (Å²) >= 11 is 0. The van der Waals surface area contributed by atoms with Crippen LogP contribution in [0.2, 0.25) is 0 Å². The molecule has 4 nitrogen and oxygen atoms in total. The number of hydrogen-bond donors (Lipinski definition) is 2. The van der Waals surface area contributed by atoms with Gasteiger partial charge in [0.2, 0.25) is 5.91 Å². The molecule has 2 heterocycles. The monoisotopic (exact) mass is 267 g/mol. The van der Waals surface area contributed by atoms with Crippen molar-refractivity contribution in [3.63, 3.8) is 0 Å². The van der Waals surface area contributed by atoms with Gasteiger partial charge < -0.3 is 10.6 Å². The molecule has 1 amide bonds. The Bertz CT molecular complexity index is 340. The Balaban J connectivity index is 1.99. The van der Waals surface area contributed by atoms with Crippen LogP contribution in [0.5, 0.6) is 0 Å². The van der Waals surface area contributed by atoms with E-state index in [1.54, 1.807) is 0 Å². The van der Waals surface area contributed by atoms with Crippen LogP contribution in [0.1, 0.15) is 34.6 Å². The lowest BCUT2D eigenvalue weighted by Crippen LogP contribution is -2.54. The minimum absolute atomic E-state index is 0.0284. The Morgan fingerprint density at radius 1 is 1.37 bits per heavy atom. The zero-order chi connectivity index (χ0) is 14.2. The fraction of sp³-hybridized carbons (Fsp3) is 0.933. The van der Waals surface area contributed by atoms with Crippen molar-refractivity contribution in [2.24, 2.45) is 17.8 Å². The Kier molecular flexibility index (Phi) is 4.21. The predicted octanol–water partition coefficient (Wildman–Crippen LogP) is 1.08. The molecule has 2 rings (SSSR count). The molecule has 19 heavy (non-hydrogen) atoms. The van der Waals surface area contributed by atoms with Gasteiger partial charge in [0.05, 0.1) is 6.04 Å². The average Bonchev–Trinajstić information content (AvgIpc) is 2.88. The second-order valence-electron chi connectivity index (χ2n) is 7.15. The number of nitrogens with zero attached hydrogens (tertiary/aromatic N) is 1. The van der Waals surface area contributed by atoms with E-state index in [-0.39, 0.29) is 17.5 Å². The van der Waals surface area contributed by atoms with Crippen molar-refractivity contribution in [3.05, 3.63) is 0 Å². The lowest BCUT2D eigenvalue weighted by Gasteiger charge is -2.39. The highest BCUT2D eigenvalue weighted by Gasteiger charge is 2.51. The average molecular weight is 267 g/mol. The van der Waals surface area contributed by atoms with Gasteiger partial charge in [-0.2, -0.15) is 0 Å². The van der Waals surface area contributed by atoms with Crippen molar-refractivity contribution < 1.29 is 4.79 Å². The van der Waals surface area contributed by atoms with Crippen molar-refractivity contribution in [2.45, 2.75) is 46.2 Å². The second kappa shape index (κ2) is 5.41. The van der Waals surface area contributed by atoms with Crippen molar-refractivity contribution >= 4 is 5.91 Å². The smallest absolute Gasteiger partial charge is 0.237 e. The van der Waals surface area contributed by atoms with Crippen LogP contribution in [-0.2, 0) is 4.79 Å². The third-order valence-corrected chi connectivity index (χ3v) is 4.95. The molecule has 2 saturated heterocycles. The molecule has 3 unspecified atom stereocenters. The van der Waals surface area contributed by atoms with Gasteiger partial charge in [-0.15, -0.1) is 0 Å². The molecule has 4 heteroatoms. The fourth-order valence-corrected chi connectivity index (χ4v) is 3.70. The number of fused-ring (bicyclic) bond motifs is 1. The molecule has 110 valence electrons. The van der Waals surface area contributed by atoms with Crippen LogP contribution in [0.25, 0.3) is 0 Å². The quantitative estimate of drug-likeness (QED) is 0.801. The lowest BCUT2D eigenvalue weighted by molar-refractivity contribution is -0.127. The van der Waals surface area contributed by atoms with E-state index in [0.29, 0.717) is 17.8 Å². The van der Waals surface area contributed by atoms with Crippen molar-refractivity contribution in [2.75, 3.05) is 26.2 Å². The summed E-state index contributed by atoms with van der Waals surface area (Å²) in [6.45, 7) is 14.9. The third kappa shape index (κ3) is 2.79. The number of likely N-dealkylation sites (tertiary alicyclic amines) is 1. The van der Waals surface area contributed by atoms with Crippen molar-refractivity contribution in [3.8, 4) is 0 Å². The summed E-state index contributed by atoms with van der Waals surface area (Å²) in [7, 11) is 0. The van der Waals surface area contributed by atoms with Gasteiger partial charge in [-0.25, -0.2) is 0 Å². The number of rotatable bonds is 4. The van der Waals surface area contributed by atoms with E-state index in [9.17, 15) is 4.79 Å². The van der Waals surface area contributed by atoms with E-state index in [1.165, 1.54) is 0 Å². The summed E-state index contributed by atoms with van der Waals surface area (Å²) in [6, 6.07) is -0.0284. The summed E-state index contributed by atoms with van der Waals surface area (Å²) in [4.78, 5) is 14.7. The number of carbonyl (C=O) groups excluding carboxylic acids is 1. The first-order valence-electron chi connectivity index (χ1n) is 7.59. The highest BCUT2D eigenvalue weighted by Crippen LogP contribution is 2.41. The highest BCUT2D eigenvalue weighted by atomic mass is 16.2. The Labute approximate surface area is 117 Å². The Hall–Kier alpha value is -0.610. The molecule has 2 fully saturated rings. The first-order valence-corrected chi connectivity index (χ1v) is 7.59. The number of nitrogens with one attached hydrogen (secondary N) is 2. The molecule has 0 aromatic carbocycles. The molecule has 3 atom stereocenters. The zero-order valence-corrected chi connectivity index (χ0v) is 13.0. The van der Waals surface area contributed by atoms with Gasteiger partial charge in [-0.05, 0) is 45.1 Å². The zero-order valence-electron chi connectivity index (χ0n) is 13.0. The topological polar surface area (TPSA) is 44.4 Å². The van der Waals surface area contributed by atoms with Crippen molar-refractivity contribution in [1.29, 1.82) is 0 Å². The van der Waals surface area contributed by atoms with E-state index < -0.39 is 0 Å². The fourth-order valence-electron chi connectivity index (χ4n) is 3.70. The lowest BCUT2D eigenvalue weighted by atomic mass is 9.84. The highest BCUT2D eigenvalue weighted by molar-refractivity contribution is 5.81. The molecule has 0 radical (unpaired) electrons. The predicted molar refractivity (Wildman–Crippen MR) is 77.9 cm³/mol. The summed E-state index contributed by atoms with van der Waals surface area (Å²) < 4.78 is 0. The van der Waals surface area contributed by atoms with Crippen LogP contribution >= 0.6 is 0 Å². The molecule has 0 spiro atoms. The molecule has 2 aliphatic rings. The van der Waals surface area contributed by atoms with Gasteiger partial charge in [0.25, 0.3) is 0 Å². The van der Waals surface area contributed by atoms with Gasteiger partial charge in [-0.3, -0.25) is 9.69 Å². The molecule has 0 aromatic rings. The minimum atomic E-state index is -0.0284. The molecule has 0 bridgehead atoms. The maximum Gasteiger partial charge on any atom is 0.237 e. The van der Waals surface area contributed by atoms with Crippen LogP contribution in [0, 0.1) is 17.8 Å². The van der Waals surface area contributed by atoms with Gasteiger partial charge in [0.15, 0.2) is 0 Å². The maximum absolute atomic E-state index is 12.3. The van der Waals surface area contributed by atoms with E-state index in [4.69, 9.17) is 0 Å². The summed E-state index contributed by atoms with van der Waals surface area (Å²) in [5, 5.41) is 6.55. The van der Waals surface area contributed by atoms with Crippen LogP contribution in [-0.4, -0.2) is 48.6 Å². The van der Waals surface area contributed by atoms with Crippen LogP contribution in [0.15, 0.2) is 0 Å². The normalized spacial score (nSPS) is 31.5. The number of amides is 1. The van der Waals surface area contributed by atoms with Gasteiger partial charge in [-0.1, -0.05) is 13.8 Å². The third-order valence-electron chi connectivity index (χ3n) is 4.95. The van der Waals surface area contributed by atoms with Gasteiger partial charge >= 0.3 is 0 Å². The molecular formula is C15H29N3O. The molecule has 2 aliphatic heterocycles. The summed E-state index contributed by atoms with van der Waals surface area (Å²) in [5.41, 5.74) is 0.114. The van der Waals surface area contributed by atoms with E-state index in [2.05, 4.69) is 43.2 Å². The van der Waals surface area contributed by atoms with E-state index >= 15 is 0 Å². The Morgan fingerprint density at radius 2 is 2.05 bits per heavy atom. The summed E-state index contributed by atoms with van der Waals surface area (Å²) in [5.74, 6) is 2.06. The largest absolute Gasteiger partial charge is 0.354 e.